The van der Waals surface area contributed by atoms with Crippen LogP contribution in [0.1, 0.15) is 29.8 Å². The van der Waals surface area contributed by atoms with Crippen molar-refractivity contribution in [3.05, 3.63) is 52.9 Å². The number of aromatic nitrogens is 2. The van der Waals surface area contributed by atoms with E-state index in [2.05, 4.69) is 10.4 Å². The lowest BCUT2D eigenvalue weighted by Gasteiger charge is -2.18. The van der Waals surface area contributed by atoms with Gasteiger partial charge in [0.05, 0.1) is 6.20 Å². The van der Waals surface area contributed by atoms with Gasteiger partial charge in [-0.3, -0.25) is 4.68 Å². The Balaban J connectivity index is 2.33. The van der Waals surface area contributed by atoms with Crippen LogP contribution in [0.2, 0.25) is 0 Å². The molecule has 2 aromatic rings. The zero-order chi connectivity index (χ0) is 14.7. The van der Waals surface area contributed by atoms with Gasteiger partial charge in [0.2, 0.25) is 0 Å². The van der Waals surface area contributed by atoms with Gasteiger partial charge in [0.15, 0.2) is 0 Å². The molecule has 2 rings (SSSR count). The van der Waals surface area contributed by atoms with Crippen molar-refractivity contribution in [3.8, 4) is 0 Å². The first kappa shape index (κ1) is 14.7. The van der Waals surface area contributed by atoms with Crippen LogP contribution in [0.3, 0.4) is 0 Å². The average Bonchev–Trinajstić information content (AvgIpc) is 2.73. The maximum absolute atomic E-state index is 13.8. The number of nitrogens with zero attached hydrogens (tertiary/aromatic N) is 2. The van der Waals surface area contributed by atoms with E-state index in [4.69, 9.17) is 0 Å². The molecule has 0 aliphatic carbocycles. The summed E-state index contributed by atoms with van der Waals surface area (Å²) >= 11 is 0. The Morgan fingerprint density at radius 3 is 2.45 bits per heavy atom. The van der Waals surface area contributed by atoms with Gasteiger partial charge in [-0.25, -0.2) is 8.78 Å². The second-order valence-corrected chi connectivity index (χ2v) is 4.82. The number of benzene rings is 1. The van der Waals surface area contributed by atoms with Crippen molar-refractivity contribution < 1.29 is 8.78 Å². The molecule has 108 valence electrons. The summed E-state index contributed by atoms with van der Waals surface area (Å²) in [5, 5.41) is 7.46. The van der Waals surface area contributed by atoms with Crippen LogP contribution >= 0.6 is 0 Å². The average molecular weight is 279 g/mol. The van der Waals surface area contributed by atoms with Crippen molar-refractivity contribution in [1.82, 2.24) is 15.1 Å². The van der Waals surface area contributed by atoms with Crippen molar-refractivity contribution in [2.24, 2.45) is 7.05 Å². The summed E-state index contributed by atoms with van der Waals surface area (Å²) in [6.07, 6.45) is 2.01. The van der Waals surface area contributed by atoms with Gasteiger partial charge in [-0.15, -0.1) is 0 Å². The molecule has 1 aromatic heterocycles. The number of aryl methyl sites for hydroxylation is 1. The number of nitrogens with one attached hydrogen (secondary N) is 1. The maximum atomic E-state index is 13.8. The van der Waals surface area contributed by atoms with Crippen LogP contribution in [0.4, 0.5) is 8.78 Å². The molecule has 0 bridgehead atoms. The SMILES string of the molecule is CCNC(Cc1c(F)cccc1F)c1cnn(C)c1C. The molecule has 0 aliphatic rings. The van der Waals surface area contributed by atoms with Crippen molar-refractivity contribution >= 4 is 0 Å². The molecule has 0 aliphatic heterocycles. The maximum Gasteiger partial charge on any atom is 0.129 e. The van der Waals surface area contributed by atoms with E-state index in [0.717, 1.165) is 17.8 Å². The van der Waals surface area contributed by atoms with E-state index in [1.807, 2.05) is 20.9 Å². The fourth-order valence-electron chi connectivity index (χ4n) is 2.33. The van der Waals surface area contributed by atoms with Crippen LogP contribution < -0.4 is 5.32 Å². The fraction of sp³-hybridized carbons (Fsp3) is 0.400. The highest BCUT2D eigenvalue weighted by Crippen LogP contribution is 2.24. The van der Waals surface area contributed by atoms with Crippen molar-refractivity contribution in [2.75, 3.05) is 6.54 Å². The quantitative estimate of drug-likeness (QED) is 0.912. The van der Waals surface area contributed by atoms with E-state index in [0.29, 0.717) is 0 Å². The molecule has 0 saturated heterocycles. The first-order chi connectivity index (χ1) is 9.54. The van der Waals surface area contributed by atoms with Gasteiger partial charge < -0.3 is 5.32 Å². The number of likely N-dealkylation sites (N-methyl/N-ethyl adjacent to an activating group) is 1. The third-order valence-electron chi connectivity index (χ3n) is 3.57. The molecule has 0 fully saturated rings. The minimum Gasteiger partial charge on any atom is -0.310 e. The smallest absolute Gasteiger partial charge is 0.129 e. The monoisotopic (exact) mass is 279 g/mol. The van der Waals surface area contributed by atoms with Crippen LogP contribution in [0.5, 0.6) is 0 Å². The molecule has 1 atom stereocenters. The molecule has 1 heterocycles. The van der Waals surface area contributed by atoms with Crippen molar-refractivity contribution in [3.63, 3.8) is 0 Å². The third kappa shape index (κ3) is 2.88. The Morgan fingerprint density at radius 1 is 1.30 bits per heavy atom. The highest BCUT2D eigenvalue weighted by molar-refractivity contribution is 5.26. The summed E-state index contributed by atoms with van der Waals surface area (Å²) in [5.74, 6) is -1.01. The number of hydrogen-bond donors (Lipinski definition) is 1. The molecule has 1 unspecified atom stereocenters. The fourth-order valence-corrected chi connectivity index (χ4v) is 2.33. The minimum atomic E-state index is -0.505. The lowest BCUT2D eigenvalue weighted by molar-refractivity contribution is 0.497. The number of hydrogen-bond acceptors (Lipinski definition) is 2. The van der Waals surface area contributed by atoms with Gasteiger partial charge in [-0.05, 0) is 32.0 Å². The second kappa shape index (κ2) is 6.13. The molecule has 0 spiro atoms. The van der Waals surface area contributed by atoms with E-state index < -0.39 is 11.6 Å². The Morgan fingerprint density at radius 2 is 1.95 bits per heavy atom. The van der Waals surface area contributed by atoms with E-state index >= 15 is 0 Å². The third-order valence-corrected chi connectivity index (χ3v) is 3.57. The first-order valence-corrected chi connectivity index (χ1v) is 6.69. The van der Waals surface area contributed by atoms with Crippen LogP contribution in [0, 0.1) is 18.6 Å². The van der Waals surface area contributed by atoms with Crippen molar-refractivity contribution in [2.45, 2.75) is 26.3 Å². The summed E-state index contributed by atoms with van der Waals surface area (Å²) in [6.45, 7) is 4.63. The second-order valence-electron chi connectivity index (χ2n) is 4.82. The summed E-state index contributed by atoms with van der Waals surface area (Å²) < 4.78 is 29.3. The largest absolute Gasteiger partial charge is 0.310 e. The summed E-state index contributed by atoms with van der Waals surface area (Å²) in [6, 6.07) is 3.81. The van der Waals surface area contributed by atoms with Crippen LogP contribution in [0.15, 0.2) is 24.4 Å². The number of rotatable bonds is 5. The van der Waals surface area contributed by atoms with Crippen LogP contribution in [0.25, 0.3) is 0 Å². The minimum absolute atomic E-state index is 0.113. The van der Waals surface area contributed by atoms with Gasteiger partial charge in [0, 0.05) is 29.9 Å². The standard InChI is InChI=1S/C15H19F2N3/c1-4-18-15(12-9-19-20(3)10(12)2)8-11-13(16)6-5-7-14(11)17/h5-7,9,15,18H,4,8H2,1-3H3. The lowest BCUT2D eigenvalue weighted by atomic mass is 9.98. The molecule has 1 N–H and O–H groups in total. The predicted molar refractivity (Wildman–Crippen MR) is 74.4 cm³/mol. The van der Waals surface area contributed by atoms with E-state index in [9.17, 15) is 8.78 Å². The molecule has 0 radical (unpaired) electrons. The van der Waals surface area contributed by atoms with Gasteiger partial charge in [0.25, 0.3) is 0 Å². The molecular weight excluding hydrogens is 260 g/mol. The Hall–Kier alpha value is -1.75. The van der Waals surface area contributed by atoms with Crippen LogP contribution in [-0.4, -0.2) is 16.3 Å². The van der Waals surface area contributed by atoms with E-state index in [1.54, 1.807) is 10.9 Å². The summed E-state index contributed by atoms with van der Waals surface area (Å²) in [7, 11) is 1.85. The summed E-state index contributed by atoms with van der Waals surface area (Å²) in [5.41, 5.74) is 2.08. The molecule has 3 nitrogen and oxygen atoms in total. The predicted octanol–water partition coefficient (Wildman–Crippen LogP) is 2.90. The van der Waals surface area contributed by atoms with Gasteiger partial charge >= 0.3 is 0 Å². The highest BCUT2D eigenvalue weighted by atomic mass is 19.1. The zero-order valence-electron chi connectivity index (χ0n) is 12.0. The summed E-state index contributed by atoms with van der Waals surface area (Å²) in [4.78, 5) is 0. The Bertz CT molecular complexity index is 573. The molecule has 0 amide bonds. The van der Waals surface area contributed by atoms with Crippen LogP contribution in [-0.2, 0) is 13.5 Å². The molecule has 0 saturated carbocycles. The highest BCUT2D eigenvalue weighted by Gasteiger charge is 2.20. The molecule has 20 heavy (non-hydrogen) atoms. The zero-order valence-corrected chi connectivity index (χ0v) is 12.0. The van der Waals surface area contributed by atoms with Gasteiger partial charge in [0.1, 0.15) is 11.6 Å². The molecule has 5 heteroatoms. The molecule has 1 aromatic carbocycles. The topological polar surface area (TPSA) is 29.9 Å². The first-order valence-electron chi connectivity index (χ1n) is 6.69. The van der Waals surface area contributed by atoms with E-state index in [-0.39, 0.29) is 18.0 Å². The Labute approximate surface area is 117 Å². The Kier molecular flexibility index (Phi) is 4.49. The normalized spacial score (nSPS) is 12.7. The van der Waals surface area contributed by atoms with Gasteiger partial charge in [-0.1, -0.05) is 13.0 Å². The number of halogens is 2. The van der Waals surface area contributed by atoms with Gasteiger partial charge in [-0.2, -0.15) is 5.10 Å². The lowest BCUT2D eigenvalue weighted by Crippen LogP contribution is -2.24. The van der Waals surface area contributed by atoms with E-state index in [1.165, 1.54) is 18.2 Å². The molecular formula is C15H19F2N3. The van der Waals surface area contributed by atoms with Crippen molar-refractivity contribution in [1.29, 1.82) is 0 Å².